The molecule has 0 fully saturated rings. The number of fused-ring (bicyclic) bond motifs is 9. The van der Waals surface area contributed by atoms with Gasteiger partial charge in [0, 0.05) is 28.2 Å². The van der Waals surface area contributed by atoms with E-state index in [0.29, 0.717) is 5.92 Å². The lowest BCUT2D eigenvalue weighted by molar-refractivity contribution is 0.436. The topological polar surface area (TPSA) is 35.0 Å². The van der Waals surface area contributed by atoms with Gasteiger partial charge in [-0.1, -0.05) is 176 Å². The molecule has 0 bridgehead atoms. The number of hydrogen-bond donors (Lipinski definition) is 0. The number of ether oxygens (including phenoxy) is 1. The van der Waals surface area contributed by atoms with Crippen LogP contribution in [0.5, 0.6) is 11.5 Å². The summed E-state index contributed by atoms with van der Waals surface area (Å²) >= 11 is 0. The van der Waals surface area contributed by atoms with Crippen molar-refractivity contribution in [2.45, 2.75) is 17.8 Å². The second kappa shape index (κ2) is 13.0. The molecule has 0 saturated heterocycles. The van der Waals surface area contributed by atoms with Crippen LogP contribution in [0.15, 0.2) is 200 Å². The van der Waals surface area contributed by atoms with Crippen LogP contribution in [-0.2, 0) is 5.41 Å². The third-order valence-corrected chi connectivity index (χ3v) is 11.7. The summed E-state index contributed by atoms with van der Waals surface area (Å²) in [6, 6.07) is 64.8. The normalized spacial score (nSPS) is 15.6. The van der Waals surface area contributed by atoms with Gasteiger partial charge >= 0.3 is 0 Å². The second-order valence-electron chi connectivity index (χ2n) is 14.8. The number of hydrogen-bond acceptors (Lipinski definition) is 3. The Labute approximate surface area is 327 Å². The molecule has 0 amide bonds. The molecular formula is C53H36N2O. The van der Waals surface area contributed by atoms with Crippen molar-refractivity contribution in [3.8, 4) is 56.4 Å². The van der Waals surface area contributed by atoms with E-state index in [-0.39, 0.29) is 0 Å². The summed E-state index contributed by atoms with van der Waals surface area (Å²) in [5, 5.41) is 0. The van der Waals surface area contributed by atoms with Gasteiger partial charge in [-0.3, -0.25) is 0 Å². The number of aromatic nitrogens is 2. The summed E-state index contributed by atoms with van der Waals surface area (Å²) in [5.41, 5.74) is 15.5. The summed E-state index contributed by atoms with van der Waals surface area (Å²) in [5.74, 6) is 2.87. The highest BCUT2D eigenvalue weighted by Gasteiger charge is 2.51. The molecule has 264 valence electrons. The fraction of sp³-hybridized carbons (Fsp3) is 0.0566. The van der Waals surface area contributed by atoms with Gasteiger partial charge in [-0.25, -0.2) is 9.97 Å². The second-order valence-corrected chi connectivity index (χ2v) is 14.8. The van der Waals surface area contributed by atoms with Gasteiger partial charge in [0.2, 0.25) is 0 Å². The fourth-order valence-corrected chi connectivity index (χ4v) is 9.09. The molecule has 56 heavy (non-hydrogen) atoms. The Balaban J connectivity index is 0.991. The molecule has 8 aromatic rings. The van der Waals surface area contributed by atoms with E-state index in [2.05, 4.69) is 182 Å². The first-order chi connectivity index (χ1) is 27.7. The molecule has 11 rings (SSSR count). The van der Waals surface area contributed by atoms with Crippen LogP contribution >= 0.6 is 0 Å². The first-order valence-electron chi connectivity index (χ1n) is 19.3. The van der Waals surface area contributed by atoms with Crippen LogP contribution in [-0.4, -0.2) is 9.97 Å². The standard InChI is InChI=1S/C53H36N2O/c1-3-13-35(14-4-1)36-23-27-38(28-24-36)48-34-49(55-52(54-48)40-15-5-2-6-16-40)39-29-25-37(26-30-39)41-31-32-51-47(33-41)53(46-21-11-12-22-50(46)56-51)44-19-9-7-17-42(44)43-18-8-10-20-45(43)53/h1-23,25-34,36H,24H2. The Morgan fingerprint density at radius 2 is 1.05 bits per heavy atom. The van der Waals surface area contributed by atoms with Crippen molar-refractivity contribution >= 4 is 5.57 Å². The molecule has 7 aromatic carbocycles. The highest BCUT2D eigenvalue weighted by Crippen LogP contribution is 2.62. The Hall–Kier alpha value is -7.10. The zero-order chi connectivity index (χ0) is 37.1. The first kappa shape index (κ1) is 32.3. The van der Waals surface area contributed by atoms with E-state index in [9.17, 15) is 0 Å². The van der Waals surface area contributed by atoms with Crippen LogP contribution < -0.4 is 4.74 Å². The number of rotatable bonds is 5. The van der Waals surface area contributed by atoms with E-state index in [1.165, 1.54) is 33.4 Å². The van der Waals surface area contributed by atoms with Crippen LogP contribution in [0, 0.1) is 0 Å². The van der Waals surface area contributed by atoms with E-state index in [0.717, 1.165) is 68.5 Å². The average Bonchev–Trinajstić information content (AvgIpc) is 3.57. The number of benzene rings is 7. The van der Waals surface area contributed by atoms with Crippen molar-refractivity contribution in [3.05, 3.63) is 234 Å². The molecule has 1 spiro atoms. The fourth-order valence-electron chi connectivity index (χ4n) is 9.09. The lowest BCUT2D eigenvalue weighted by Gasteiger charge is -2.39. The molecule has 0 N–H and O–H groups in total. The van der Waals surface area contributed by atoms with Crippen molar-refractivity contribution in [1.29, 1.82) is 0 Å². The zero-order valence-corrected chi connectivity index (χ0v) is 30.6. The van der Waals surface area contributed by atoms with Gasteiger partial charge in [0.15, 0.2) is 5.82 Å². The molecule has 1 aromatic heterocycles. The maximum Gasteiger partial charge on any atom is 0.160 e. The summed E-state index contributed by atoms with van der Waals surface area (Å²) in [6.07, 6.45) is 7.77. The third-order valence-electron chi connectivity index (χ3n) is 11.7. The van der Waals surface area contributed by atoms with E-state index in [4.69, 9.17) is 14.7 Å². The largest absolute Gasteiger partial charge is 0.457 e. The Bertz CT molecular complexity index is 2810. The predicted octanol–water partition coefficient (Wildman–Crippen LogP) is 13.1. The summed E-state index contributed by atoms with van der Waals surface area (Å²) in [4.78, 5) is 10.2. The first-order valence-corrected chi connectivity index (χ1v) is 19.3. The Morgan fingerprint density at radius 3 is 1.77 bits per heavy atom. The smallest absolute Gasteiger partial charge is 0.160 e. The van der Waals surface area contributed by atoms with Crippen molar-refractivity contribution in [3.63, 3.8) is 0 Å². The third kappa shape index (κ3) is 5.12. The minimum absolute atomic E-state index is 0.361. The van der Waals surface area contributed by atoms with Gasteiger partial charge in [0.25, 0.3) is 0 Å². The predicted molar refractivity (Wildman–Crippen MR) is 227 cm³/mol. The van der Waals surface area contributed by atoms with E-state index >= 15 is 0 Å². The van der Waals surface area contributed by atoms with E-state index in [1.54, 1.807) is 0 Å². The summed E-state index contributed by atoms with van der Waals surface area (Å²) in [7, 11) is 0. The molecule has 1 unspecified atom stereocenters. The zero-order valence-electron chi connectivity index (χ0n) is 30.6. The van der Waals surface area contributed by atoms with Crippen molar-refractivity contribution < 1.29 is 4.74 Å². The monoisotopic (exact) mass is 716 g/mol. The van der Waals surface area contributed by atoms with Crippen molar-refractivity contribution in [2.75, 3.05) is 0 Å². The lowest BCUT2D eigenvalue weighted by atomic mass is 9.66. The van der Waals surface area contributed by atoms with Crippen LogP contribution in [0.4, 0.5) is 0 Å². The molecule has 0 saturated carbocycles. The number of allylic oxidation sites excluding steroid dienone is 4. The van der Waals surface area contributed by atoms with Crippen molar-refractivity contribution in [1.82, 2.24) is 9.97 Å². The molecule has 1 atom stereocenters. The van der Waals surface area contributed by atoms with Crippen LogP contribution in [0.25, 0.3) is 50.5 Å². The van der Waals surface area contributed by atoms with Crippen LogP contribution in [0.3, 0.4) is 0 Å². The molecule has 2 heterocycles. The lowest BCUT2D eigenvalue weighted by Crippen LogP contribution is -2.32. The molecule has 2 aliphatic carbocycles. The Morgan fingerprint density at radius 1 is 0.464 bits per heavy atom. The van der Waals surface area contributed by atoms with Gasteiger partial charge in [0.1, 0.15) is 11.5 Å². The van der Waals surface area contributed by atoms with E-state index < -0.39 is 5.41 Å². The SMILES string of the molecule is C1=CC(c2ccccc2)CC=C1c1cc(-c2ccc(-c3ccc4c(c3)C3(c5ccccc5O4)c4ccccc4-c4ccccc43)cc2)nc(-c2ccccc2)n1. The molecule has 3 aliphatic rings. The van der Waals surface area contributed by atoms with Crippen LogP contribution in [0.2, 0.25) is 0 Å². The van der Waals surface area contributed by atoms with Crippen molar-refractivity contribution in [2.24, 2.45) is 0 Å². The quantitative estimate of drug-likeness (QED) is 0.178. The molecular weight excluding hydrogens is 681 g/mol. The van der Waals surface area contributed by atoms with Gasteiger partial charge in [-0.2, -0.15) is 0 Å². The van der Waals surface area contributed by atoms with Gasteiger partial charge in [-0.05, 0) is 75.2 Å². The highest BCUT2D eigenvalue weighted by atomic mass is 16.5. The minimum Gasteiger partial charge on any atom is -0.457 e. The summed E-state index contributed by atoms with van der Waals surface area (Å²) in [6.45, 7) is 0. The number of para-hydroxylation sites is 1. The van der Waals surface area contributed by atoms with E-state index in [1.807, 2.05) is 18.2 Å². The summed E-state index contributed by atoms with van der Waals surface area (Å²) < 4.78 is 6.68. The molecule has 3 heteroatoms. The number of nitrogens with zero attached hydrogens (tertiary/aromatic N) is 2. The van der Waals surface area contributed by atoms with Gasteiger partial charge in [-0.15, -0.1) is 0 Å². The molecule has 0 radical (unpaired) electrons. The molecule has 1 aliphatic heterocycles. The Kier molecular flexibility index (Phi) is 7.53. The van der Waals surface area contributed by atoms with Crippen LogP contribution in [0.1, 0.15) is 45.8 Å². The average molecular weight is 717 g/mol. The maximum atomic E-state index is 6.68. The maximum absolute atomic E-state index is 6.68. The van der Waals surface area contributed by atoms with Gasteiger partial charge < -0.3 is 4.74 Å². The molecule has 3 nitrogen and oxygen atoms in total. The highest BCUT2D eigenvalue weighted by molar-refractivity contribution is 5.89. The van der Waals surface area contributed by atoms with Gasteiger partial charge in [0.05, 0.1) is 16.8 Å². The minimum atomic E-state index is -0.498.